The topological polar surface area (TPSA) is 146 Å². The first-order valence-electron chi connectivity index (χ1n) is 13.1. The van der Waals surface area contributed by atoms with Crippen molar-refractivity contribution in [3.63, 3.8) is 0 Å². The van der Waals surface area contributed by atoms with Crippen LogP contribution in [0.1, 0.15) is 49.4 Å². The quantitative estimate of drug-likeness (QED) is 0.352. The molecule has 3 N–H and O–H groups in total. The van der Waals surface area contributed by atoms with Crippen LogP contribution in [0.4, 0.5) is 0 Å². The third kappa shape index (κ3) is 3.71. The fourth-order valence-corrected chi connectivity index (χ4v) is 5.86. The van der Waals surface area contributed by atoms with Gasteiger partial charge < -0.3 is 34.5 Å². The number of ether oxygens (including phenoxy) is 3. The van der Waals surface area contributed by atoms with E-state index in [9.17, 15) is 19.5 Å². The van der Waals surface area contributed by atoms with Crippen LogP contribution in [0.15, 0.2) is 23.0 Å². The van der Waals surface area contributed by atoms with Crippen molar-refractivity contribution < 1.29 is 28.9 Å². The predicted octanol–water partition coefficient (Wildman–Crippen LogP) is 1.55. The lowest BCUT2D eigenvalue weighted by Crippen LogP contribution is -2.44. The van der Waals surface area contributed by atoms with Gasteiger partial charge in [-0.1, -0.05) is 6.92 Å². The number of rotatable bonds is 6. The van der Waals surface area contributed by atoms with E-state index in [-0.39, 0.29) is 61.5 Å². The molecule has 204 valence electrons. The van der Waals surface area contributed by atoms with Gasteiger partial charge in [0.15, 0.2) is 17.1 Å². The Bertz CT molecular complexity index is 1610. The minimum Gasteiger partial charge on any atom is -0.458 e. The second-order valence-corrected chi connectivity index (χ2v) is 10.4. The Hall–Kier alpha value is -3.96. The maximum absolute atomic E-state index is 13.7. The molecule has 0 radical (unpaired) electrons. The molecular formula is C28H30N4O7. The van der Waals surface area contributed by atoms with Gasteiger partial charge in [0.1, 0.15) is 6.61 Å². The van der Waals surface area contributed by atoms with E-state index in [1.54, 1.807) is 22.5 Å². The molecule has 2 aromatic heterocycles. The minimum atomic E-state index is -1.91. The van der Waals surface area contributed by atoms with E-state index in [2.05, 4.69) is 0 Å². The van der Waals surface area contributed by atoms with E-state index in [4.69, 9.17) is 24.9 Å². The van der Waals surface area contributed by atoms with E-state index in [1.807, 2.05) is 26.0 Å². The van der Waals surface area contributed by atoms with Gasteiger partial charge in [-0.3, -0.25) is 9.59 Å². The van der Waals surface area contributed by atoms with Crippen molar-refractivity contribution >= 4 is 22.8 Å². The zero-order valence-corrected chi connectivity index (χ0v) is 22.1. The fourth-order valence-electron chi connectivity index (χ4n) is 5.86. The number of benzene rings is 1. The third-order valence-electron chi connectivity index (χ3n) is 8.02. The van der Waals surface area contributed by atoms with Crippen LogP contribution in [0.2, 0.25) is 0 Å². The van der Waals surface area contributed by atoms with Gasteiger partial charge >= 0.3 is 5.97 Å². The van der Waals surface area contributed by atoms with E-state index in [0.717, 1.165) is 16.5 Å². The van der Waals surface area contributed by atoms with Crippen LogP contribution in [0.3, 0.4) is 0 Å². The highest BCUT2D eigenvalue weighted by molar-refractivity contribution is 5.91. The molecule has 0 bridgehead atoms. The van der Waals surface area contributed by atoms with E-state index >= 15 is 0 Å². The average molecular weight is 535 g/mol. The molecule has 5 heterocycles. The van der Waals surface area contributed by atoms with Crippen LogP contribution < -0.4 is 20.8 Å². The number of amides is 1. The zero-order valence-electron chi connectivity index (χ0n) is 22.1. The average Bonchev–Trinajstić information content (AvgIpc) is 3.53. The smallest absolute Gasteiger partial charge is 0.343 e. The highest BCUT2D eigenvalue weighted by atomic mass is 16.7. The first-order chi connectivity index (χ1) is 18.7. The minimum absolute atomic E-state index is 0.0426. The molecule has 3 aliphatic heterocycles. The lowest BCUT2D eigenvalue weighted by molar-refractivity contribution is -0.172. The summed E-state index contributed by atoms with van der Waals surface area (Å²) in [4.78, 5) is 45.4. The van der Waals surface area contributed by atoms with Gasteiger partial charge in [0.05, 0.1) is 35.6 Å². The molecule has 0 saturated heterocycles. The largest absolute Gasteiger partial charge is 0.458 e. The summed E-state index contributed by atoms with van der Waals surface area (Å²) in [6.45, 7) is 6.08. The van der Waals surface area contributed by atoms with Crippen LogP contribution in [0.5, 0.6) is 11.5 Å². The highest BCUT2D eigenvalue weighted by Crippen LogP contribution is 2.43. The Labute approximate surface area is 224 Å². The molecule has 11 nitrogen and oxygen atoms in total. The van der Waals surface area contributed by atoms with Crippen LogP contribution in [-0.2, 0) is 39.5 Å². The summed E-state index contributed by atoms with van der Waals surface area (Å²) in [5.41, 5.74) is 7.51. The molecule has 1 amide bonds. The second-order valence-electron chi connectivity index (χ2n) is 10.4. The summed E-state index contributed by atoms with van der Waals surface area (Å²) in [5, 5.41) is 12.0. The monoisotopic (exact) mass is 534 g/mol. The summed E-state index contributed by atoms with van der Waals surface area (Å²) in [6.07, 6.45) is 0.558. The number of carbonyl (C=O) groups excluding carboxylic acids is 2. The molecule has 0 aliphatic carbocycles. The molecular weight excluding hydrogens is 504 g/mol. The Morgan fingerprint density at radius 3 is 2.62 bits per heavy atom. The maximum atomic E-state index is 13.7. The molecule has 6 rings (SSSR count). The van der Waals surface area contributed by atoms with Gasteiger partial charge in [0.2, 0.25) is 12.7 Å². The van der Waals surface area contributed by atoms with Crippen molar-refractivity contribution in [1.82, 2.24) is 14.5 Å². The first-order valence-corrected chi connectivity index (χ1v) is 13.1. The number of hydrogen-bond acceptors (Lipinski definition) is 9. The van der Waals surface area contributed by atoms with Crippen LogP contribution in [0.25, 0.3) is 22.3 Å². The standard InChI is InChI=1S/C28H30N4O7/c1-4-28(36)19-8-21-25-17(11-32(21)26(34)18(19)12-37-27(28)35)15(5-6-31(14(2)3)24(33)10-29)16-7-22-23(39-13-38-22)9-20(16)30-25/h7-9,14,36H,4-6,10-13,29H2,1-3H3/t28-/m0/s1. The number of esters is 1. The van der Waals surface area contributed by atoms with Crippen molar-refractivity contribution in [1.29, 1.82) is 0 Å². The summed E-state index contributed by atoms with van der Waals surface area (Å²) < 4.78 is 18.0. The lowest BCUT2D eigenvalue weighted by atomic mass is 9.86. The summed E-state index contributed by atoms with van der Waals surface area (Å²) in [7, 11) is 0. The van der Waals surface area contributed by atoms with E-state index in [0.29, 0.717) is 41.4 Å². The molecule has 0 fully saturated rings. The molecule has 0 unspecified atom stereocenters. The zero-order chi connectivity index (χ0) is 27.6. The highest BCUT2D eigenvalue weighted by Gasteiger charge is 2.45. The van der Waals surface area contributed by atoms with Gasteiger partial charge in [-0.2, -0.15) is 0 Å². The summed E-state index contributed by atoms with van der Waals surface area (Å²) in [6, 6.07) is 5.36. The van der Waals surface area contributed by atoms with Gasteiger partial charge in [-0.25, -0.2) is 9.78 Å². The number of pyridine rings is 2. The van der Waals surface area contributed by atoms with Gasteiger partial charge in [0, 0.05) is 35.2 Å². The number of fused-ring (bicyclic) bond motifs is 6. The van der Waals surface area contributed by atoms with Gasteiger partial charge in [-0.05, 0) is 44.4 Å². The Kier molecular flexibility index (Phi) is 5.88. The summed E-state index contributed by atoms with van der Waals surface area (Å²) >= 11 is 0. The summed E-state index contributed by atoms with van der Waals surface area (Å²) in [5.74, 6) is 0.273. The van der Waals surface area contributed by atoms with Crippen LogP contribution in [-0.4, -0.2) is 57.4 Å². The van der Waals surface area contributed by atoms with Crippen molar-refractivity contribution in [2.75, 3.05) is 19.9 Å². The van der Waals surface area contributed by atoms with Crippen molar-refractivity contribution in [3.05, 3.63) is 50.8 Å². The maximum Gasteiger partial charge on any atom is 0.343 e. The Balaban J connectivity index is 1.55. The molecule has 0 spiro atoms. The number of aliphatic hydroxyl groups is 1. The molecule has 11 heteroatoms. The van der Waals surface area contributed by atoms with E-state index < -0.39 is 11.6 Å². The van der Waals surface area contributed by atoms with Crippen molar-refractivity contribution in [2.24, 2.45) is 5.73 Å². The van der Waals surface area contributed by atoms with Crippen molar-refractivity contribution in [2.45, 2.75) is 58.4 Å². The van der Waals surface area contributed by atoms with Gasteiger partial charge in [0.25, 0.3) is 5.56 Å². The molecule has 1 aromatic carbocycles. The fraction of sp³-hybridized carbons (Fsp3) is 0.429. The number of cyclic esters (lactones) is 1. The van der Waals surface area contributed by atoms with Crippen LogP contribution in [0, 0.1) is 0 Å². The lowest BCUT2D eigenvalue weighted by Gasteiger charge is -2.31. The van der Waals surface area contributed by atoms with Crippen molar-refractivity contribution in [3.8, 4) is 22.9 Å². The Morgan fingerprint density at radius 2 is 1.92 bits per heavy atom. The SMILES string of the molecule is CC[C@@]1(O)C(=O)OCc2c1cc1n(c2=O)Cc2c-1nc1cc3c(cc1c2CCN(C(=O)CN)C(C)C)OCO3. The number of hydrogen-bond donors (Lipinski definition) is 2. The normalized spacial score (nSPS) is 18.7. The first kappa shape index (κ1) is 25.3. The third-order valence-corrected chi connectivity index (χ3v) is 8.02. The molecule has 39 heavy (non-hydrogen) atoms. The van der Waals surface area contributed by atoms with Gasteiger partial charge in [-0.15, -0.1) is 0 Å². The number of nitrogens with two attached hydrogens (primary N) is 1. The van der Waals surface area contributed by atoms with Crippen LogP contribution >= 0.6 is 0 Å². The molecule has 3 aromatic rings. The number of nitrogens with zero attached hydrogens (tertiary/aromatic N) is 3. The Morgan fingerprint density at radius 1 is 1.18 bits per heavy atom. The number of carbonyl (C=O) groups is 2. The predicted molar refractivity (Wildman–Crippen MR) is 140 cm³/mol. The van der Waals surface area contributed by atoms with E-state index in [1.165, 1.54) is 0 Å². The molecule has 3 aliphatic rings. The molecule has 0 saturated carbocycles. The second kappa shape index (κ2) is 9.06. The molecule has 1 atom stereocenters. The number of aromatic nitrogens is 2.